The Morgan fingerprint density at radius 2 is 1.97 bits per heavy atom. The van der Waals surface area contributed by atoms with Gasteiger partial charge in [-0.3, -0.25) is 4.90 Å². The molecule has 3 aromatic rings. The highest BCUT2D eigenvalue weighted by atomic mass is 19.1. The number of aryl methyl sites for hydroxylation is 1. The van der Waals surface area contributed by atoms with Crippen LogP contribution in [-0.4, -0.2) is 27.6 Å². The van der Waals surface area contributed by atoms with Crippen LogP contribution in [0.5, 0.6) is 0 Å². The van der Waals surface area contributed by atoms with Gasteiger partial charge in [0.05, 0.1) is 11.6 Å². The SMILES string of the molecule is CCCN1C(=O)NC(c2cccc(F)c2)C(c2nc(-c3cccc(C)c3)no2)=C1C. The molecule has 2 aromatic carbocycles. The largest absolute Gasteiger partial charge is 0.334 e. The Balaban J connectivity index is 1.82. The lowest BCUT2D eigenvalue weighted by molar-refractivity contribution is 0.205. The quantitative estimate of drug-likeness (QED) is 0.641. The van der Waals surface area contributed by atoms with Crippen LogP contribution in [0, 0.1) is 12.7 Å². The van der Waals surface area contributed by atoms with E-state index >= 15 is 0 Å². The number of rotatable bonds is 5. The van der Waals surface area contributed by atoms with E-state index in [1.807, 2.05) is 45.0 Å². The number of hydrogen-bond acceptors (Lipinski definition) is 4. The summed E-state index contributed by atoms with van der Waals surface area (Å²) in [7, 11) is 0. The molecular weight excluding hydrogens is 383 g/mol. The fraction of sp³-hybridized carbons (Fsp3) is 0.261. The molecule has 1 aliphatic rings. The van der Waals surface area contributed by atoms with E-state index in [0.717, 1.165) is 17.5 Å². The average Bonchev–Trinajstić information content (AvgIpc) is 3.20. The van der Waals surface area contributed by atoms with E-state index in [0.29, 0.717) is 35.1 Å². The Morgan fingerprint density at radius 1 is 1.17 bits per heavy atom. The lowest BCUT2D eigenvalue weighted by atomic mass is 9.94. The summed E-state index contributed by atoms with van der Waals surface area (Å²) in [5.41, 5.74) is 3.93. The lowest BCUT2D eigenvalue weighted by Gasteiger charge is -2.35. The zero-order valence-corrected chi connectivity index (χ0v) is 17.1. The molecule has 0 saturated heterocycles. The van der Waals surface area contributed by atoms with E-state index in [1.54, 1.807) is 17.0 Å². The monoisotopic (exact) mass is 406 g/mol. The Bertz CT molecular complexity index is 1120. The molecule has 1 N–H and O–H groups in total. The van der Waals surface area contributed by atoms with Crippen molar-refractivity contribution in [2.75, 3.05) is 6.54 Å². The van der Waals surface area contributed by atoms with Crippen molar-refractivity contribution < 1.29 is 13.7 Å². The molecule has 1 aliphatic heterocycles. The molecule has 0 aliphatic carbocycles. The lowest BCUT2D eigenvalue weighted by Crippen LogP contribution is -2.46. The molecule has 2 heterocycles. The number of aromatic nitrogens is 2. The minimum absolute atomic E-state index is 0.231. The van der Waals surface area contributed by atoms with Crippen molar-refractivity contribution in [1.82, 2.24) is 20.4 Å². The van der Waals surface area contributed by atoms with Crippen molar-refractivity contribution >= 4 is 11.6 Å². The Morgan fingerprint density at radius 3 is 2.70 bits per heavy atom. The van der Waals surface area contributed by atoms with Crippen molar-refractivity contribution in [1.29, 1.82) is 0 Å². The number of carbonyl (C=O) groups is 1. The number of amides is 2. The Kier molecular flexibility index (Phi) is 5.35. The second kappa shape index (κ2) is 8.10. The van der Waals surface area contributed by atoms with Crippen LogP contribution in [0.2, 0.25) is 0 Å². The number of nitrogens with one attached hydrogen (secondary N) is 1. The third-order valence-corrected chi connectivity index (χ3v) is 5.16. The molecule has 0 radical (unpaired) electrons. The predicted octanol–water partition coefficient (Wildman–Crippen LogP) is 5.09. The summed E-state index contributed by atoms with van der Waals surface area (Å²) >= 11 is 0. The molecule has 0 bridgehead atoms. The van der Waals surface area contributed by atoms with Gasteiger partial charge in [-0.2, -0.15) is 4.98 Å². The molecule has 1 atom stereocenters. The maximum Gasteiger partial charge on any atom is 0.322 e. The predicted molar refractivity (Wildman–Crippen MR) is 112 cm³/mol. The van der Waals surface area contributed by atoms with E-state index in [4.69, 9.17) is 4.52 Å². The van der Waals surface area contributed by atoms with E-state index in [-0.39, 0.29) is 11.8 Å². The van der Waals surface area contributed by atoms with E-state index < -0.39 is 6.04 Å². The number of urea groups is 1. The van der Waals surface area contributed by atoms with E-state index in [9.17, 15) is 9.18 Å². The van der Waals surface area contributed by atoms with Gasteiger partial charge >= 0.3 is 6.03 Å². The summed E-state index contributed by atoms with van der Waals surface area (Å²) in [4.78, 5) is 19.0. The first kappa shape index (κ1) is 19.8. The summed E-state index contributed by atoms with van der Waals surface area (Å²) in [6, 6.07) is 13.2. The molecule has 4 rings (SSSR count). The first-order valence-electron chi connectivity index (χ1n) is 9.93. The molecule has 7 heteroatoms. The average molecular weight is 406 g/mol. The van der Waals surface area contributed by atoms with Crippen molar-refractivity contribution in [2.45, 2.75) is 33.2 Å². The molecule has 30 heavy (non-hydrogen) atoms. The van der Waals surface area contributed by atoms with E-state index in [2.05, 4.69) is 15.5 Å². The standard InChI is InChI=1S/C23H23FN4O2/c1-4-11-28-15(3)19(20(25-23(28)29)16-8-6-10-18(24)13-16)22-26-21(27-30-22)17-9-5-7-14(2)12-17/h5-10,12-13,20H,4,11H2,1-3H3,(H,25,29). The van der Waals surface area contributed by atoms with Gasteiger partial charge in [0.2, 0.25) is 5.82 Å². The second-order valence-corrected chi connectivity index (χ2v) is 7.38. The maximum absolute atomic E-state index is 13.9. The molecule has 2 amide bonds. The summed E-state index contributed by atoms with van der Waals surface area (Å²) in [6.45, 7) is 6.40. The van der Waals surface area contributed by atoms with Crippen LogP contribution in [0.3, 0.4) is 0 Å². The van der Waals surface area contributed by atoms with Gasteiger partial charge in [-0.15, -0.1) is 0 Å². The van der Waals surface area contributed by atoms with Crippen LogP contribution < -0.4 is 5.32 Å². The van der Waals surface area contributed by atoms with Gasteiger partial charge in [0, 0.05) is 17.8 Å². The molecule has 0 spiro atoms. The number of allylic oxidation sites excluding steroid dienone is 1. The normalized spacial score (nSPS) is 16.7. The summed E-state index contributed by atoms with van der Waals surface area (Å²) in [5, 5.41) is 7.11. The molecular formula is C23H23FN4O2. The zero-order valence-electron chi connectivity index (χ0n) is 17.1. The van der Waals surface area contributed by atoms with Gasteiger partial charge in [0.1, 0.15) is 5.82 Å². The third kappa shape index (κ3) is 3.70. The van der Waals surface area contributed by atoms with Crippen molar-refractivity contribution in [3.8, 4) is 11.4 Å². The number of carbonyl (C=O) groups excluding carboxylic acids is 1. The summed E-state index contributed by atoms with van der Waals surface area (Å²) in [6.07, 6.45) is 0.793. The van der Waals surface area contributed by atoms with Gasteiger partial charge in [0.15, 0.2) is 0 Å². The first-order chi connectivity index (χ1) is 14.5. The number of halogens is 1. The second-order valence-electron chi connectivity index (χ2n) is 7.38. The van der Waals surface area contributed by atoms with Gasteiger partial charge < -0.3 is 9.84 Å². The number of hydrogen-bond donors (Lipinski definition) is 1. The number of nitrogens with zero attached hydrogens (tertiary/aromatic N) is 3. The van der Waals surface area contributed by atoms with Crippen molar-refractivity contribution in [2.24, 2.45) is 0 Å². The minimum Gasteiger partial charge on any atom is -0.334 e. The number of benzene rings is 2. The van der Waals surface area contributed by atoms with Gasteiger partial charge in [-0.05, 0) is 44.0 Å². The van der Waals surface area contributed by atoms with Crippen LogP contribution in [-0.2, 0) is 0 Å². The Hall–Kier alpha value is -3.48. The topological polar surface area (TPSA) is 71.3 Å². The minimum atomic E-state index is -0.591. The molecule has 0 saturated carbocycles. The van der Waals surface area contributed by atoms with Crippen LogP contribution in [0.25, 0.3) is 17.0 Å². The molecule has 6 nitrogen and oxygen atoms in total. The Labute approximate surface area is 174 Å². The third-order valence-electron chi connectivity index (χ3n) is 5.16. The van der Waals surface area contributed by atoms with Crippen LogP contribution in [0.1, 0.15) is 43.3 Å². The molecule has 154 valence electrons. The van der Waals surface area contributed by atoms with Crippen LogP contribution >= 0.6 is 0 Å². The van der Waals surface area contributed by atoms with Gasteiger partial charge in [0.25, 0.3) is 5.89 Å². The van der Waals surface area contributed by atoms with Crippen molar-refractivity contribution in [3.63, 3.8) is 0 Å². The smallest absolute Gasteiger partial charge is 0.322 e. The summed E-state index contributed by atoms with van der Waals surface area (Å²) in [5.74, 6) is 0.394. The molecule has 1 unspecified atom stereocenters. The fourth-order valence-electron chi connectivity index (χ4n) is 3.72. The van der Waals surface area contributed by atoms with Crippen LogP contribution in [0.15, 0.2) is 58.8 Å². The molecule has 0 fully saturated rings. The fourth-order valence-corrected chi connectivity index (χ4v) is 3.72. The maximum atomic E-state index is 13.9. The highest BCUT2D eigenvalue weighted by Gasteiger charge is 2.35. The first-order valence-corrected chi connectivity index (χ1v) is 9.93. The van der Waals surface area contributed by atoms with Gasteiger partial charge in [-0.25, -0.2) is 9.18 Å². The van der Waals surface area contributed by atoms with Crippen molar-refractivity contribution in [3.05, 3.63) is 77.1 Å². The zero-order chi connectivity index (χ0) is 21.3. The molecule has 1 aromatic heterocycles. The van der Waals surface area contributed by atoms with Gasteiger partial charge in [-0.1, -0.05) is 48.0 Å². The van der Waals surface area contributed by atoms with Crippen LogP contribution in [0.4, 0.5) is 9.18 Å². The highest BCUT2D eigenvalue weighted by Crippen LogP contribution is 2.37. The van der Waals surface area contributed by atoms with E-state index in [1.165, 1.54) is 12.1 Å². The highest BCUT2D eigenvalue weighted by molar-refractivity contribution is 5.86. The summed E-state index contributed by atoms with van der Waals surface area (Å²) < 4.78 is 19.5.